The molecule has 1 fully saturated rings. The Kier molecular flexibility index (Phi) is 4.04. The minimum atomic E-state index is 0.00342. The van der Waals surface area contributed by atoms with Gasteiger partial charge >= 0.3 is 0 Å². The first-order valence-electron chi connectivity index (χ1n) is 6.54. The highest BCUT2D eigenvalue weighted by molar-refractivity contribution is 7.80. The molecular weight excluding hydrogens is 258 g/mol. The molecule has 0 aromatic heterocycles. The number of amides is 1. The average molecular weight is 277 g/mol. The highest BCUT2D eigenvalue weighted by atomic mass is 32.1. The molecule has 1 aromatic rings. The van der Waals surface area contributed by atoms with Crippen LogP contribution in [0.4, 0.5) is 11.4 Å². The van der Waals surface area contributed by atoms with Crippen LogP contribution in [0.3, 0.4) is 0 Å². The Morgan fingerprint density at radius 1 is 1.37 bits per heavy atom. The maximum atomic E-state index is 11.8. The number of carbonyl (C=O) groups excluding carboxylic acids is 1. The van der Waals surface area contributed by atoms with Gasteiger partial charge in [0.1, 0.15) is 0 Å². The van der Waals surface area contributed by atoms with Gasteiger partial charge in [0, 0.05) is 18.8 Å². The lowest BCUT2D eigenvalue weighted by Gasteiger charge is -2.24. The molecule has 1 aliphatic heterocycles. The van der Waals surface area contributed by atoms with Gasteiger partial charge in [0.15, 0.2) is 5.11 Å². The van der Waals surface area contributed by atoms with Crippen LogP contribution in [0.15, 0.2) is 18.2 Å². The Morgan fingerprint density at radius 3 is 2.53 bits per heavy atom. The fraction of sp³-hybridized carbons (Fsp3) is 0.429. The Bertz CT molecular complexity index is 495. The van der Waals surface area contributed by atoms with Gasteiger partial charge in [-0.25, -0.2) is 0 Å². The van der Waals surface area contributed by atoms with Crippen LogP contribution < -0.4 is 15.1 Å². The highest BCUT2D eigenvalue weighted by Gasteiger charge is 2.27. The Labute approximate surface area is 119 Å². The molecule has 1 aromatic carbocycles. The number of hydrogen-bond donors (Lipinski definition) is 1. The molecule has 1 aliphatic rings. The van der Waals surface area contributed by atoms with E-state index in [-0.39, 0.29) is 12.5 Å². The molecule has 0 bridgehead atoms. The first-order valence-corrected chi connectivity index (χ1v) is 6.95. The topological polar surface area (TPSA) is 35.6 Å². The van der Waals surface area contributed by atoms with Crippen LogP contribution >= 0.6 is 12.2 Å². The van der Waals surface area contributed by atoms with Crippen molar-refractivity contribution in [2.45, 2.75) is 20.8 Å². The zero-order valence-corrected chi connectivity index (χ0v) is 12.4. The van der Waals surface area contributed by atoms with Crippen molar-refractivity contribution in [2.75, 3.05) is 29.4 Å². The van der Waals surface area contributed by atoms with E-state index in [0.717, 1.165) is 24.3 Å². The number of rotatable bonds is 4. The maximum absolute atomic E-state index is 11.8. The molecular formula is C14H19N3OS. The Hall–Kier alpha value is -1.62. The van der Waals surface area contributed by atoms with E-state index in [0.29, 0.717) is 5.11 Å². The summed E-state index contributed by atoms with van der Waals surface area (Å²) in [4.78, 5) is 15.7. The van der Waals surface area contributed by atoms with Crippen molar-refractivity contribution in [2.24, 2.45) is 0 Å². The minimum absolute atomic E-state index is 0.00342. The van der Waals surface area contributed by atoms with E-state index < -0.39 is 0 Å². The number of benzene rings is 1. The molecule has 1 saturated heterocycles. The largest absolute Gasteiger partial charge is 0.372 e. The van der Waals surface area contributed by atoms with Crippen molar-refractivity contribution in [3.8, 4) is 0 Å². The van der Waals surface area contributed by atoms with Crippen LogP contribution in [-0.4, -0.2) is 30.7 Å². The van der Waals surface area contributed by atoms with E-state index >= 15 is 0 Å². The number of nitrogens with zero attached hydrogens (tertiary/aromatic N) is 2. The standard InChI is InChI=1S/C14H19N3OS/c1-4-16(5-2)11-6-7-12(10(3)8-11)17-13(18)9-15-14(17)19/h6-8H,4-5,9H2,1-3H3,(H,15,19). The summed E-state index contributed by atoms with van der Waals surface area (Å²) < 4.78 is 0. The zero-order chi connectivity index (χ0) is 14.0. The van der Waals surface area contributed by atoms with Crippen LogP contribution in [0, 0.1) is 6.92 Å². The molecule has 2 rings (SSSR count). The molecule has 0 unspecified atom stereocenters. The van der Waals surface area contributed by atoms with Crippen LogP contribution in [0.2, 0.25) is 0 Å². The molecule has 4 nitrogen and oxygen atoms in total. The molecule has 1 N–H and O–H groups in total. The third kappa shape index (κ3) is 2.56. The van der Waals surface area contributed by atoms with Gasteiger partial charge in [0.2, 0.25) is 0 Å². The predicted molar refractivity (Wildman–Crippen MR) is 82.8 cm³/mol. The molecule has 5 heteroatoms. The molecule has 1 heterocycles. The van der Waals surface area contributed by atoms with E-state index in [4.69, 9.17) is 12.2 Å². The first-order chi connectivity index (χ1) is 9.08. The summed E-state index contributed by atoms with van der Waals surface area (Å²) >= 11 is 5.17. The van der Waals surface area contributed by atoms with Crippen molar-refractivity contribution in [3.63, 3.8) is 0 Å². The fourth-order valence-corrected chi connectivity index (χ4v) is 2.61. The summed E-state index contributed by atoms with van der Waals surface area (Å²) in [6, 6.07) is 6.13. The number of nitrogens with one attached hydrogen (secondary N) is 1. The van der Waals surface area contributed by atoms with E-state index in [1.165, 1.54) is 5.69 Å². The van der Waals surface area contributed by atoms with Gasteiger partial charge in [0.25, 0.3) is 5.91 Å². The van der Waals surface area contributed by atoms with Crippen LogP contribution in [0.1, 0.15) is 19.4 Å². The van der Waals surface area contributed by atoms with E-state index in [1.807, 2.05) is 19.1 Å². The lowest BCUT2D eigenvalue weighted by molar-refractivity contribution is -0.115. The Balaban J connectivity index is 2.34. The molecule has 0 aliphatic carbocycles. The quantitative estimate of drug-likeness (QED) is 0.855. The van der Waals surface area contributed by atoms with Gasteiger partial charge < -0.3 is 10.2 Å². The fourth-order valence-electron chi connectivity index (χ4n) is 2.34. The molecule has 0 radical (unpaired) electrons. The summed E-state index contributed by atoms with van der Waals surface area (Å²) in [5, 5.41) is 3.39. The maximum Gasteiger partial charge on any atom is 0.252 e. The first kappa shape index (κ1) is 13.8. The van der Waals surface area contributed by atoms with Gasteiger partial charge in [-0.3, -0.25) is 9.69 Å². The summed E-state index contributed by atoms with van der Waals surface area (Å²) in [6.45, 7) is 8.51. The van der Waals surface area contributed by atoms with Crippen molar-refractivity contribution in [3.05, 3.63) is 23.8 Å². The van der Waals surface area contributed by atoms with Gasteiger partial charge in [-0.1, -0.05) is 0 Å². The average Bonchev–Trinajstić information content (AvgIpc) is 2.72. The SMILES string of the molecule is CCN(CC)c1ccc(N2C(=O)CNC2=S)c(C)c1. The van der Waals surface area contributed by atoms with E-state index in [9.17, 15) is 4.79 Å². The van der Waals surface area contributed by atoms with Crippen LogP contribution in [0.5, 0.6) is 0 Å². The van der Waals surface area contributed by atoms with Crippen molar-refractivity contribution < 1.29 is 4.79 Å². The second-order valence-electron chi connectivity index (χ2n) is 4.53. The second-order valence-corrected chi connectivity index (χ2v) is 4.92. The van der Waals surface area contributed by atoms with Gasteiger partial charge in [-0.05, 0) is 56.8 Å². The zero-order valence-electron chi connectivity index (χ0n) is 11.6. The second kappa shape index (κ2) is 5.57. The van der Waals surface area contributed by atoms with Gasteiger partial charge in [-0.15, -0.1) is 0 Å². The molecule has 102 valence electrons. The molecule has 1 amide bonds. The lowest BCUT2D eigenvalue weighted by Crippen LogP contribution is -2.31. The van der Waals surface area contributed by atoms with Crippen molar-refractivity contribution in [1.82, 2.24) is 5.32 Å². The number of hydrogen-bond acceptors (Lipinski definition) is 3. The number of thiocarbonyl (C=S) groups is 1. The minimum Gasteiger partial charge on any atom is -0.372 e. The Morgan fingerprint density at radius 2 is 2.05 bits per heavy atom. The number of carbonyl (C=O) groups is 1. The van der Waals surface area contributed by atoms with Crippen LogP contribution in [0.25, 0.3) is 0 Å². The number of aryl methyl sites for hydroxylation is 1. The lowest BCUT2D eigenvalue weighted by atomic mass is 10.1. The van der Waals surface area contributed by atoms with Gasteiger partial charge in [-0.2, -0.15) is 0 Å². The van der Waals surface area contributed by atoms with Crippen molar-refractivity contribution >= 4 is 34.6 Å². The highest BCUT2D eigenvalue weighted by Crippen LogP contribution is 2.27. The third-order valence-electron chi connectivity index (χ3n) is 3.39. The normalized spacial score (nSPS) is 14.8. The van der Waals surface area contributed by atoms with Gasteiger partial charge in [0.05, 0.1) is 12.2 Å². The monoisotopic (exact) mass is 277 g/mol. The smallest absolute Gasteiger partial charge is 0.252 e. The van der Waals surface area contributed by atoms with E-state index in [2.05, 4.69) is 30.1 Å². The summed E-state index contributed by atoms with van der Waals surface area (Å²) in [7, 11) is 0. The molecule has 0 spiro atoms. The summed E-state index contributed by atoms with van der Waals surface area (Å²) in [5.41, 5.74) is 3.11. The van der Waals surface area contributed by atoms with E-state index in [1.54, 1.807) is 4.90 Å². The molecule has 19 heavy (non-hydrogen) atoms. The van der Waals surface area contributed by atoms with Crippen LogP contribution in [-0.2, 0) is 4.79 Å². The molecule has 0 atom stereocenters. The summed E-state index contributed by atoms with van der Waals surface area (Å²) in [5.74, 6) is 0.00342. The third-order valence-corrected chi connectivity index (χ3v) is 3.72. The number of anilines is 2. The molecule has 0 saturated carbocycles. The summed E-state index contributed by atoms with van der Waals surface area (Å²) in [6.07, 6.45) is 0. The van der Waals surface area contributed by atoms with Crippen molar-refractivity contribution in [1.29, 1.82) is 0 Å². The predicted octanol–water partition coefficient (Wildman–Crippen LogP) is 2.06.